The summed E-state index contributed by atoms with van der Waals surface area (Å²) in [7, 11) is 0. The lowest BCUT2D eigenvalue weighted by atomic mass is 9.97. The minimum absolute atomic E-state index is 0.0250. The number of rotatable bonds is 6. The Hall–Kier alpha value is -3.79. The summed E-state index contributed by atoms with van der Waals surface area (Å²) in [5.74, 6) is -0.495. The minimum Gasteiger partial charge on any atom is -0.394 e. The van der Waals surface area contributed by atoms with Crippen molar-refractivity contribution in [3.8, 4) is 0 Å². The van der Waals surface area contributed by atoms with Gasteiger partial charge in [0.1, 0.15) is 10.5 Å². The molecule has 3 aromatic rings. The van der Waals surface area contributed by atoms with Crippen molar-refractivity contribution in [3.63, 3.8) is 0 Å². The number of benzene rings is 1. The summed E-state index contributed by atoms with van der Waals surface area (Å²) in [6.45, 7) is 5.03. The Morgan fingerprint density at radius 3 is 2.79 bits per heavy atom. The maximum atomic E-state index is 12.6. The number of hydrogen-bond acceptors (Lipinski definition) is 8. The standard InChI is InChI=1S/C23H23N5O4S/c1-12-13(2)33-23-19(12)21(31)26-20(27-23)22(32)25-8-14-3-4-15-5-6-28(9-16(15)7-14)18(11-30)17(24)10-29/h3-4,7,10-11H,5-6,8-9,24H2,1-2H3,(H,25,32)(H,26,27,31)/b18-17-. The van der Waals surface area contributed by atoms with Crippen molar-refractivity contribution in [2.45, 2.75) is 33.4 Å². The van der Waals surface area contributed by atoms with E-state index in [4.69, 9.17) is 5.73 Å². The number of thiophene rings is 1. The maximum absolute atomic E-state index is 12.6. The van der Waals surface area contributed by atoms with Gasteiger partial charge in [0.25, 0.3) is 11.5 Å². The number of nitrogens with zero attached hydrogens (tertiary/aromatic N) is 2. The number of allylic oxidation sites excluding steroid dienone is 2. The van der Waals surface area contributed by atoms with Crippen LogP contribution in [-0.4, -0.2) is 39.9 Å². The smallest absolute Gasteiger partial charge is 0.287 e. The van der Waals surface area contributed by atoms with Gasteiger partial charge in [0.2, 0.25) is 5.82 Å². The average Bonchev–Trinajstić information content (AvgIpc) is 3.11. The highest BCUT2D eigenvalue weighted by molar-refractivity contribution is 7.18. The number of H-pyrrole nitrogens is 1. The molecule has 4 N–H and O–H groups in total. The first kappa shape index (κ1) is 22.4. The molecule has 1 aliphatic heterocycles. The second-order valence-corrected chi connectivity index (χ2v) is 9.11. The van der Waals surface area contributed by atoms with E-state index in [0.29, 0.717) is 42.3 Å². The first-order valence-corrected chi connectivity index (χ1v) is 11.2. The van der Waals surface area contributed by atoms with Gasteiger partial charge in [0, 0.05) is 24.5 Å². The van der Waals surface area contributed by atoms with Crippen LogP contribution in [-0.2, 0) is 29.1 Å². The van der Waals surface area contributed by atoms with Crippen LogP contribution >= 0.6 is 11.3 Å². The molecule has 0 unspecified atom stereocenters. The van der Waals surface area contributed by atoms with E-state index in [2.05, 4.69) is 15.3 Å². The second-order valence-electron chi connectivity index (χ2n) is 7.91. The van der Waals surface area contributed by atoms with Crippen LogP contribution in [0.25, 0.3) is 10.2 Å². The van der Waals surface area contributed by atoms with Gasteiger partial charge >= 0.3 is 0 Å². The quantitative estimate of drug-likeness (QED) is 0.370. The zero-order valence-electron chi connectivity index (χ0n) is 18.2. The largest absolute Gasteiger partial charge is 0.394 e. The van der Waals surface area contributed by atoms with E-state index in [-0.39, 0.29) is 29.3 Å². The van der Waals surface area contributed by atoms with Crippen LogP contribution in [0.2, 0.25) is 0 Å². The Balaban J connectivity index is 1.50. The number of nitrogens with one attached hydrogen (secondary N) is 2. The number of aromatic amines is 1. The van der Waals surface area contributed by atoms with Crippen molar-refractivity contribution in [3.05, 3.63) is 72.9 Å². The minimum atomic E-state index is -0.470. The van der Waals surface area contributed by atoms with Gasteiger partial charge < -0.3 is 20.9 Å². The number of carbonyl (C=O) groups excluding carboxylic acids is 3. The van der Waals surface area contributed by atoms with Crippen LogP contribution in [0.3, 0.4) is 0 Å². The monoisotopic (exact) mass is 465 g/mol. The van der Waals surface area contributed by atoms with Crippen molar-refractivity contribution in [1.29, 1.82) is 0 Å². The van der Waals surface area contributed by atoms with Crippen molar-refractivity contribution in [2.75, 3.05) is 6.54 Å². The van der Waals surface area contributed by atoms with E-state index in [1.54, 1.807) is 4.90 Å². The summed E-state index contributed by atoms with van der Waals surface area (Å²) in [6, 6.07) is 5.87. The number of carbonyl (C=O) groups is 3. The Labute approximate surface area is 193 Å². The van der Waals surface area contributed by atoms with Gasteiger partial charge in [-0.3, -0.25) is 19.2 Å². The molecule has 33 heavy (non-hydrogen) atoms. The van der Waals surface area contributed by atoms with Gasteiger partial charge in [0.05, 0.1) is 11.1 Å². The summed E-state index contributed by atoms with van der Waals surface area (Å²) < 4.78 is 0. The molecule has 0 aliphatic carbocycles. The van der Waals surface area contributed by atoms with Crippen LogP contribution in [0.4, 0.5) is 0 Å². The third-order valence-electron chi connectivity index (χ3n) is 5.87. The molecule has 1 aliphatic rings. The van der Waals surface area contributed by atoms with Gasteiger partial charge in [-0.2, -0.15) is 0 Å². The van der Waals surface area contributed by atoms with E-state index in [0.717, 1.165) is 27.1 Å². The molecule has 0 saturated carbocycles. The predicted octanol–water partition coefficient (Wildman–Crippen LogP) is 1.46. The summed E-state index contributed by atoms with van der Waals surface area (Å²) in [4.78, 5) is 57.7. The molecule has 0 spiro atoms. The first-order chi connectivity index (χ1) is 15.8. The van der Waals surface area contributed by atoms with Crippen LogP contribution < -0.4 is 16.6 Å². The molecule has 0 fully saturated rings. The first-order valence-electron chi connectivity index (χ1n) is 10.4. The molecule has 10 heteroatoms. The van der Waals surface area contributed by atoms with Gasteiger partial charge in [-0.25, -0.2) is 4.98 Å². The molecule has 0 radical (unpaired) electrons. The maximum Gasteiger partial charge on any atom is 0.287 e. The Morgan fingerprint density at radius 2 is 2.06 bits per heavy atom. The molecular weight excluding hydrogens is 442 g/mol. The van der Waals surface area contributed by atoms with Crippen molar-refractivity contribution >= 4 is 40.0 Å². The fourth-order valence-corrected chi connectivity index (χ4v) is 4.97. The summed E-state index contributed by atoms with van der Waals surface area (Å²) >= 11 is 1.39. The molecule has 1 amide bonds. The number of aromatic nitrogens is 2. The Kier molecular flexibility index (Phi) is 6.10. The summed E-state index contributed by atoms with van der Waals surface area (Å²) in [5.41, 5.74) is 9.28. The number of aryl methyl sites for hydroxylation is 2. The number of fused-ring (bicyclic) bond motifs is 2. The highest BCUT2D eigenvalue weighted by Crippen LogP contribution is 2.26. The van der Waals surface area contributed by atoms with E-state index < -0.39 is 5.91 Å². The van der Waals surface area contributed by atoms with E-state index in [1.807, 2.05) is 32.0 Å². The lowest BCUT2D eigenvalue weighted by Crippen LogP contribution is -2.33. The van der Waals surface area contributed by atoms with Crippen molar-refractivity contribution in [2.24, 2.45) is 5.73 Å². The third-order valence-corrected chi connectivity index (χ3v) is 6.97. The van der Waals surface area contributed by atoms with Crippen molar-refractivity contribution in [1.82, 2.24) is 20.2 Å². The van der Waals surface area contributed by atoms with E-state index >= 15 is 0 Å². The third kappa shape index (κ3) is 4.29. The molecule has 0 saturated heterocycles. The molecule has 0 bridgehead atoms. The molecule has 2 aromatic heterocycles. The van der Waals surface area contributed by atoms with Gasteiger partial charge in [0.15, 0.2) is 12.6 Å². The number of nitrogens with two attached hydrogens (primary N) is 1. The molecule has 9 nitrogen and oxygen atoms in total. The lowest BCUT2D eigenvalue weighted by molar-refractivity contribution is -0.108. The van der Waals surface area contributed by atoms with Gasteiger partial charge in [-0.1, -0.05) is 18.2 Å². The van der Waals surface area contributed by atoms with Crippen LogP contribution in [0.1, 0.15) is 37.7 Å². The van der Waals surface area contributed by atoms with E-state index in [9.17, 15) is 19.2 Å². The lowest BCUT2D eigenvalue weighted by Gasteiger charge is -2.31. The molecule has 1 aromatic carbocycles. The summed E-state index contributed by atoms with van der Waals surface area (Å²) in [5, 5.41) is 3.32. The summed E-state index contributed by atoms with van der Waals surface area (Å²) in [6.07, 6.45) is 1.77. The number of aldehydes is 2. The fraction of sp³-hybridized carbons (Fsp3) is 0.261. The Morgan fingerprint density at radius 1 is 1.27 bits per heavy atom. The normalized spacial score (nSPS) is 13.9. The van der Waals surface area contributed by atoms with Crippen LogP contribution in [0, 0.1) is 13.8 Å². The topological polar surface area (TPSA) is 138 Å². The molecule has 3 heterocycles. The molecule has 0 atom stereocenters. The van der Waals surface area contributed by atoms with Gasteiger partial charge in [-0.15, -0.1) is 11.3 Å². The zero-order chi connectivity index (χ0) is 23.7. The van der Waals surface area contributed by atoms with E-state index in [1.165, 1.54) is 11.3 Å². The van der Waals surface area contributed by atoms with Crippen molar-refractivity contribution < 1.29 is 14.4 Å². The van der Waals surface area contributed by atoms with Crippen LogP contribution in [0.15, 0.2) is 34.4 Å². The molecule has 170 valence electrons. The van der Waals surface area contributed by atoms with Crippen LogP contribution in [0.5, 0.6) is 0 Å². The average molecular weight is 466 g/mol. The fourth-order valence-electron chi connectivity index (χ4n) is 3.94. The Bertz CT molecular complexity index is 1370. The molecular formula is C23H23N5O4S. The number of amides is 1. The highest BCUT2D eigenvalue weighted by atomic mass is 32.1. The zero-order valence-corrected chi connectivity index (χ0v) is 19.0. The highest BCUT2D eigenvalue weighted by Gasteiger charge is 2.21. The SMILES string of the molecule is Cc1sc2nc(C(=O)NCc3ccc4c(c3)CN(/C(C=O)=C(\N)C=O)CC4)[nH]c(=O)c2c1C. The second kappa shape index (κ2) is 8.99. The predicted molar refractivity (Wildman–Crippen MR) is 125 cm³/mol. The number of hydrogen-bond donors (Lipinski definition) is 3. The molecule has 4 rings (SSSR count). The van der Waals surface area contributed by atoms with Gasteiger partial charge in [-0.05, 0) is 42.5 Å².